The second-order valence-corrected chi connectivity index (χ2v) is 21.1. The normalized spacial score (nSPS) is 8.40. The average molecular weight is 1830 g/mol. The zero-order valence-electron chi connectivity index (χ0n) is 63.1. The molecule has 18 aromatic rings. The molecule has 0 spiro atoms. The number of fused-ring (bicyclic) bond motifs is 9. The predicted molar refractivity (Wildman–Crippen MR) is 433 cm³/mol. The summed E-state index contributed by atoms with van der Waals surface area (Å²) >= 11 is 0. The van der Waals surface area contributed by atoms with Crippen LogP contribution < -0.4 is 29.6 Å². The van der Waals surface area contributed by atoms with Crippen LogP contribution in [0.2, 0.25) is 0 Å². The quantitative estimate of drug-likeness (QED) is 0.1000. The molecule has 0 unspecified atom stereocenters. The van der Waals surface area contributed by atoms with Crippen molar-refractivity contribution in [3.63, 3.8) is 0 Å². The fourth-order valence-corrected chi connectivity index (χ4v) is 12.4. The molecule has 28 N–H and O–H groups in total. The van der Waals surface area contributed by atoms with Crippen LogP contribution >= 0.6 is 0 Å². The van der Waals surface area contributed by atoms with Crippen molar-refractivity contribution in [1.82, 2.24) is 87.2 Å². The molecule has 4 radical (unpaired) electrons. The van der Waals surface area contributed by atoms with Crippen molar-refractivity contribution in [2.75, 3.05) is 0 Å². The van der Waals surface area contributed by atoms with Crippen LogP contribution in [0.1, 0.15) is 0 Å². The molecule has 626 valence electrons. The first kappa shape index (κ1) is 136. The van der Waals surface area contributed by atoms with E-state index in [1.54, 1.807) is 0 Å². The van der Waals surface area contributed by atoms with Crippen molar-refractivity contribution < 1.29 is 174 Å². The van der Waals surface area contributed by atoms with Crippen molar-refractivity contribution in [1.29, 1.82) is 47.4 Å². The Labute approximate surface area is 755 Å². The molecule has 0 aliphatic carbocycles. The number of para-hydroxylation sites is 9. The molecule has 0 atom stereocenters. The molecular weight excluding hydrogens is 1750 g/mol. The van der Waals surface area contributed by atoms with Crippen LogP contribution in [0.4, 0.5) is 0 Å². The Morgan fingerprint density at radius 2 is 0.240 bits per heavy atom. The third-order valence-corrected chi connectivity index (χ3v) is 16.4. The van der Waals surface area contributed by atoms with Gasteiger partial charge in [0.15, 0.2) is 0 Å². The summed E-state index contributed by atoms with van der Waals surface area (Å²) in [6, 6.07) is 74.3. The summed E-state index contributed by atoms with van der Waals surface area (Å²) in [5.74, 6) is 0. The summed E-state index contributed by atoms with van der Waals surface area (Å²) in [5, 5.41) is 109. The van der Waals surface area contributed by atoms with Gasteiger partial charge in [-0.25, -0.2) is 45.9 Å². The van der Waals surface area contributed by atoms with Gasteiger partial charge in [0.05, 0.1) is 55.8 Å². The van der Waals surface area contributed by atoms with Crippen molar-refractivity contribution in [2.24, 2.45) is 0 Å². The van der Waals surface area contributed by atoms with E-state index >= 15 is 0 Å². The number of nitrogens with zero attached hydrogens (tertiary/aromatic N) is 27. The van der Waals surface area contributed by atoms with Crippen LogP contribution in [0.15, 0.2) is 274 Å². The van der Waals surface area contributed by atoms with Crippen molar-refractivity contribution >= 4 is 119 Å². The maximum absolute atomic E-state index is 6.25. The van der Waals surface area contributed by atoms with Gasteiger partial charge in [-0.15, -0.1) is 0 Å². The van der Waals surface area contributed by atoms with Gasteiger partial charge in [-0.2, -0.15) is 0 Å². The van der Waals surface area contributed by atoms with E-state index in [4.69, 9.17) is 152 Å². The average Bonchev–Trinajstić information content (AvgIpc) is 1.62. The van der Waals surface area contributed by atoms with Crippen LogP contribution in [0.25, 0.3) is 98.1 Å². The Bertz CT molecular complexity index is 4860. The molecule has 18 rings (SSSR count). The van der Waals surface area contributed by atoms with Crippen LogP contribution in [-0.4, -0.2) is 185 Å². The van der Waals surface area contributed by atoms with Crippen LogP contribution in [0.3, 0.4) is 0 Å². The SMILES string of the molecule is O.O.O.O.O.O.O.O.O.O.O.O.O.O.[C-]#N.[C-]#N.[C-]#N.[C-]#N.[C-]#N.[C-]#N.[C-]#N.[C-]#N.[C-]#N.[Co+2].[Fe+3].[Fe+3].[Fe+3].[Na+].c1ccc2c(c1)cnn2[BH-](n1ncc2ccccc21)n1ncc2ccccc21.c1ccc2c(c1)cnn2[BH-](n1ncc2ccccc21)n1ncc2ccccc21.c1ccc2c(c1)cnn2[BH-](n1ncc2ccccc21)n1ncc2ccccc21. The summed E-state index contributed by atoms with van der Waals surface area (Å²) in [5.41, 5.74) is 9.64. The van der Waals surface area contributed by atoms with Gasteiger partial charge in [0.25, 0.3) is 0 Å². The van der Waals surface area contributed by atoms with E-state index < -0.39 is 21.4 Å². The molecule has 0 aliphatic heterocycles. The molecule has 0 aliphatic rings. The van der Waals surface area contributed by atoms with Gasteiger partial charge in [-0.1, -0.05) is 164 Å². The fraction of sp³-hybridized carbons (Fsp3) is 0. The van der Waals surface area contributed by atoms with E-state index in [1.165, 1.54) is 0 Å². The molecule has 9 aromatic carbocycles. The Kier molecular flexibility index (Phi) is 78.3. The molecule has 0 amide bonds. The topological polar surface area (TPSA) is 815 Å². The molecule has 41 nitrogen and oxygen atoms in total. The molecule has 0 saturated heterocycles. The third kappa shape index (κ3) is 28.3. The Morgan fingerprint density at radius 3 is 0.322 bits per heavy atom. The van der Waals surface area contributed by atoms with E-state index in [0.29, 0.717) is 0 Å². The number of aromatic nitrogens is 18. The minimum atomic E-state index is -1.46. The predicted octanol–water partition coefficient (Wildman–Crippen LogP) is -3.49. The van der Waals surface area contributed by atoms with Gasteiger partial charge in [-0.3, -0.25) is 0 Å². The monoisotopic (exact) mass is 1830 g/mol. The van der Waals surface area contributed by atoms with Gasteiger partial charge >= 0.3 is 119 Å². The van der Waals surface area contributed by atoms with Crippen LogP contribution in [-0.2, 0) is 68.0 Å². The molecule has 9 aromatic heterocycles. The Balaban J connectivity index is -0.000000112. The van der Waals surface area contributed by atoms with Gasteiger partial charge < -0.3 is 225 Å². The number of hydrogen-bond acceptors (Lipinski definition) is 18. The van der Waals surface area contributed by atoms with Crippen molar-refractivity contribution in [2.45, 2.75) is 0 Å². The molecule has 0 bridgehead atoms. The summed E-state index contributed by atoms with van der Waals surface area (Å²) in [6.07, 6.45) is 17.2. The summed E-state index contributed by atoms with van der Waals surface area (Å²) < 4.78 is 18.6. The largest absolute Gasteiger partial charge is 3.00 e. The summed E-state index contributed by atoms with van der Waals surface area (Å²) in [6.45, 7) is 42.8. The Morgan fingerprint density at radius 1 is 0.165 bits per heavy atom. The minimum absolute atomic E-state index is 0. The zero-order chi connectivity index (χ0) is 73.5. The van der Waals surface area contributed by atoms with Gasteiger partial charge in [-0.05, 0) is 54.6 Å². The molecule has 0 fully saturated rings. The van der Waals surface area contributed by atoms with E-state index in [1.807, 2.05) is 165 Å². The molecule has 121 heavy (non-hydrogen) atoms. The molecule has 0 saturated carbocycles. The smallest absolute Gasteiger partial charge is 0.512 e. The van der Waals surface area contributed by atoms with E-state index in [0.717, 1.165) is 98.1 Å². The second-order valence-electron chi connectivity index (χ2n) is 21.1. The minimum Gasteiger partial charge on any atom is -0.512 e. The number of benzene rings is 9. The number of rotatable bonds is 9. The van der Waals surface area contributed by atoms with Gasteiger partial charge in [0, 0.05) is 98.1 Å². The maximum atomic E-state index is 6.25. The van der Waals surface area contributed by atoms with E-state index in [2.05, 4.69) is 151 Å². The van der Waals surface area contributed by atoms with Gasteiger partial charge in [0.1, 0.15) is 0 Å². The van der Waals surface area contributed by atoms with E-state index in [-0.39, 0.29) is 174 Å². The molecule has 9 heterocycles. The maximum Gasteiger partial charge on any atom is 3.00 e. The zero-order valence-corrected chi connectivity index (χ0v) is 69.4. The van der Waals surface area contributed by atoms with Crippen molar-refractivity contribution in [3.8, 4) is 0 Å². The van der Waals surface area contributed by atoms with Crippen LogP contribution in [0.5, 0.6) is 0 Å². The van der Waals surface area contributed by atoms with E-state index in [9.17, 15) is 0 Å². The summed E-state index contributed by atoms with van der Waals surface area (Å²) in [4.78, 5) is 0. The molecular formula is C72H76B3CoFe3N27NaO14. The van der Waals surface area contributed by atoms with Gasteiger partial charge in [0.2, 0.25) is 0 Å². The standard InChI is InChI=1S/3C21H16BN6.9CN.Co.3Fe.Na.14H2O/c3*1-4-10-19-16(7-1)13-23-26(19)22(27-20-11-5-2-8-17(20)14-24-27)28-21-12-6-3-9-18(21)15-25-28;9*1-2;;;;;;;;;;;;;;;;;;;/h3*1-15,22H;;;;;;;;;;;;;;;14*1H2/q12*-1;+2;3*+3;+1;;;;;;;;;;;;;;. The first-order valence-corrected chi connectivity index (χ1v) is 30.0. The van der Waals surface area contributed by atoms with Crippen LogP contribution in [0, 0.1) is 107 Å². The molecule has 49 heteroatoms. The summed E-state index contributed by atoms with van der Waals surface area (Å²) in [7, 11) is -4.39. The second kappa shape index (κ2) is 69.4. The third-order valence-electron chi connectivity index (χ3n) is 16.4. The van der Waals surface area contributed by atoms with Crippen molar-refractivity contribution in [3.05, 3.63) is 333 Å². The Hall–Kier alpha value is -13.7. The first-order valence-electron chi connectivity index (χ1n) is 30.0. The number of hydrogen-bond donors (Lipinski definition) is 0. The first-order chi connectivity index (χ1) is 50.7. The fourth-order valence-electron chi connectivity index (χ4n) is 12.4.